The van der Waals surface area contributed by atoms with Gasteiger partial charge in [0.2, 0.25) is 0 Å². The van der Waals surface area contributed by atoms with Crippen molar-refractivity contribution in [3.05, 3.63) is 72.3 Å². The number of hydrogen-bond acceptors (Lipinski definition) is 1. The van der Waals surface area contributed by atoms with Crippen LogP contribution >= 0.6 is 0 Å². The van der Waals surface area contributed by atoms with E-state index in [1.807, 2.05) is 18.2 Å². The fourth-order valence-corrected chi connectivity index (χ4v) is 3.61. The van der Waals surface area contributed by atoms with Crippen molar-refractivity contribution in [2.24, 2.45) is 0 Å². The molecule has 0 radical (unpaired) electrons. The maximum atomic E-state index is 6.04. The lowest BCUT2D eigenvalue weighted by atomic mass is 9.84. The van der Waals surface area contributed by atoms with Gasteiger partial charge in [-0.2, -0.15) is 0 Å². The van der Waals surface area contributed by atoms with Crippen LogP contribution in [0, 0.1) is 0 Å². The third kappa shape index (κ3) is 3.10. The molecule has 0 aliphatic heterocycles. The molecule has 1 aliphatic carbocycles. The summed E-state index contributed by atoms with van der Waals surface area (Å²) in [5, 5.41) is 0. The molecular weight excluding hydrogens is 280 g/mol. The summed E-state index contributed by atoms with van der Waals surface area (Å²) in [4.78, 5) is 0. The van der Waals surface area contributed by atoms with Gasteiger partial charge in [0.1, 0.15) is 11.5 Å². The quantitative estimate of drug-likeness (QED) is 0.527. The average molecular weight is 302 g/mol. The highest BCUT2D eigenvalue weighted by molar-refractivity contribution is 5.64. The molecule has 0 spiro atoms. The van der Waals surface area contributed by atoms with Crippen LogP contribution in [-0.2, 0) is 0 Å². The van der Waals surface area contributed by atoms with Crippen LogP contribution in [-0.4, -0.2) is 0 Å². The van der Waals surface area contributed by atoms with Crippen LogP contribution in [0.2, 0.25) is 0 Å². The van der Waals surface area contributed by atoms with E-state index in [-0.39, 0.29) is 0 Å². The number of hydrogen-bond donors (Lipinski definition) is 0. The standard InChI is InChI=1S/C22H22O/c1-3-7-17(8-4-1)18-11-13-20(14-12-18)22-16-15-21(23-22)19-9-5-2-6-10-19/h2,5-6,9-17H,1,3-4,7-8H2. The highest BCUT2D eigenvalue weighted by atomic mass is 16.3. The molecule has 0 saturated heterocycles. The molecule has 2 aromatic carbocycles. The Bertz CT molecular complexity index is 746. The zero-order valence-electron chi connectivity index (χ0n) is 13.4. The molecule has 0 unspecified atom stereocenters. The Morgan fingerprint density at radius 2 is 1.22 bits per heavy atom. The van der Waals surface area contributed by atoms with E-state index >= 15 is 0 Å². The topological polar surface area (TPSA) is 13.1 Å². The van der Waals surface area contributed by atoms with E-state index in [0.29, 0.717) is 0 Å². The van der Waals surface area contributed by atoms with Crippen molar-refractivity contribution in [1.29, 1.82) is 0 Å². The van der Waals surface area contributed by atoms with Crippen LogP contribution in [0.5, 0.6) is 0 Å². The highest BCUT2D eigenvalue weighted by Crippen LogP contribution is 2.34. The minimum Gasteiger partial charge on any atom is -0.456 e. The van der Waals surface area contributed by atoms with Gasteiger partial charge in [-0.25, -0.2) is 0 Å². The Kier molecular flexibility index (Phi) is 4.02. The van der Waals surface area contributed by atoms with Crippen molar-refractivity contribution >= 4 is 0 Å². The third-order valence-corrected chi connectivity index (χ3v) is 4.94. The average Bonchev–Trinajstić information content (AvgIpc) is 3.14. The van der Waals surface area contributed by atoms with Gasteiger partial charge in [-0.3, -0.25) is 0 Å². The largest absolute Gasteiger partial charge is 0.456 e. The van der Waals surface area contributed by atoms with Crippen LogP contribution in [0.1, 0.15) is 43.6 Å². The third-order valence-electron chi connectivity index (χ3n) is 4.94. The van der Waals surface area contributed by atoms with E-state index in [0.717, 1.165) is 28.6 Å². The van der Waals surface area contributed by atoms with E-state index < -0.39 is 0 Å². The lowest BCUT2D eigenvalue weighted by Gasteiger charge is -2.21. The molecule has 23 heavy (non-hydrogen) atoms. The number of furan rings is 1. The van der Waals surface area contributed by atoms with E-state index in [1.54, 1.807) is 0 Å². The predicted octanol–water partition coefficient (Wildman–Crippen LogP) is 6.66. The van der Waals surface area contributed by atoms with Crippen molar-refractivity contribution in [1.82, 2.24) is 0 Å². The lowest BCUT2D eigenvalue weighted by Crippen LogP contribution is -2.04. The van der Waals surface area contributed by atoms with Gasteiger partial charge in [0.05, 0.1) is 0 Å². The highest BCUT2D eigenvalue weighted by Gasteiger charge is 2.15. The van der Waals surface area contributed by atoms with Crippen LogP contribution in [0.4, 0.5) is 0 Å². The van der Waals surface area contributed by atoms with Crippen molar-refractivity contribution < 1.29 is 4.42 Å². The SMILES string of the molecule is c1ccc(-c2ccc(-c3ccc(C4CCCCC4)cc3)o2)cc1. The summed E-state index contributed by atoms with van der Waals surface area (Å²) in [6.45, 7) is 0. The Morgan fingerprint density at radius 1 is 0.609 bits per heavy atom. The Morgan fingerprint density at radius 3 is 1.87 bits per heavy atom. The maximum Gasteiger partial charge on any atom is 0.134 e. The minimum atomic E-state index is 0.759. The van der Waals surface area contributed by atoms with E-state index in [9.17, 15) is 0 Å². The molecule has 1 nitrogen and oxygen atoms in total. The van der Waals surface area contributed by atoms with Crippen molar-refractivity contribution in [2.45, 2.75) is 38.0 Å². The first-order chi connectivity index (χ1) is 11.4. The maximum absolute atomic E-state index is 6.04. The van der Waals surface area contributed by atoms with Gasteiger partial charge >= 0.3 is 0 Å². The Balaban J connectivity index is 1.55. The van der Waals surface area contributed by atoms with Crippen molar-refractivity contribution in [3.8, 4) is 22.6 Å². The summed E-state index contributed by atoms with van der Waals surface area (Å²) >= 11 is 0. The fraction of sp³-hybridized carbons (Fsp3) is 0.273. The molecule has 1 saturated carbocycles. The summed E-state index contributed by atoms with van der Waals surface area (Å²) in [5.74, 6) is 2.63. The molecule has 116 valence electrons. The molecule has 1 heterocycles. The molecule has 1 fully saturated rings. The molecule has 4 rings (SSSR count). The molecule has 0 bridgehead atoms. The second-order valence-electron chi connectivity index (χ2n) is 6.49. The first kappa shape index (κ1) is 14.3. The molecule has 0 N–H and O–H groups in total. The summed E-state index contributed by atoms with van der Waals surface area (Å²) in [6.07, 6.45) is 6.86. The van der Waals surface area contributed by atoms with Gasteiger partial charge in [0.15, 0.2) is 0 Å². The Hall–Kier alpha value is -2.28. The summed E-state index contributed by atoms with van der Waals surface area (Å²) in [6, 6.07) is 23.4. The Labute approximate surface area is 138 Å². The molecule has 0 atom stereocenters. The van der Waals surface area contributed by atoms with E-state index in [1.165, 1.54) is 37.7 Å². The molecule has 1 heteroatoms. The first-order valence-corrected chi connectivity index (χ1v) is 8.66. The van der Waals surface area contributed by atoms with Crippen molar-refractivity contribution in [3.63, 3.8) is 0 Å². The van der Waals surface area contributed by atoms with Crippen LogP contribution in [0.15, 0.2) is 71.1 Å². The molecule has 0 amide bonds. The first-order valence-electron chi connectivity index (χ1n) is 8.66. The molecule has 1 aliphatic rings. The van der Waals surface area contributed by atoms with Crippen LogP contribution in [0.25, 0.3) is 22.6 Å². The number of rotatable bonds is 3. The summed E-state index contributed by atoms with van der Waals surface area (Å²) < 4.78 is 6.04. The minimum absolute atomic E-state index is 0.759. The summed E-state index contributed by atoms with van der Waals surface area (Å²) in [5.41, 5.74) is 3.77. The monoisotopic (exact) mass is 302 g/mol. The predicted molar refractivity (Wildman–Crippen MR) is 95.4 cm³/mol. The normalized spacial score (nSPS) is 15.7. The van der Waals surface area contributed by atoms with Gasteiger partial charge < -0.3 is 4.42 Å². The van der Waals surface area contributed by atoms with Gasteiger partial charge in [-0.05, 0) is 36.5 Å². The lowest BCUT2D eigenvalue weighted by molar-refractivity contribution is 0.443. The molecule has 1 aromatic heterocycles. The second kappa shape index (κ2) is 6.45. The van der Waals surface area contributed by atoms with E-state index in [4.69, 9.17) is 4.42 Å². The van der Waals surface area contributed by atoms with Crippen LogP contribution < -0.4 is 0 Å². The molecular formula is C22H22O. The molecule has 3 aromatic rings. The van der Waals surface area contributed by atoms with Crippen molar-refractivity contribution in [2.75, 3.05) is 0 Å². The summed E-state index contributed by atoms with van der Waals surface area (Å²) in [7, 11) is 0. The van der Waals surface area contributed by atoms with Gasteiger partial charge in [-0.1, -0.05) is 73.9 Å². The van der Waals surface area contributed by atoms with Gasteiger partial charge in [0, 0.05) is 11.1 Å². The van der Waals surface area contributed by atoms with Gasteiger partial charge in [0.25, 0.3) is 0 Å². The smallest absolute Gasteiger partial charge is 0.134 e. The van der Waals surface area contributed by atoms with Gasteiger partial charge in [-0.15, -0.1) is 0 Å². The zero-order chi connectivity index (χ0) is 15.5. The fourth-order valence-electron chi connectivity index (χ4n) is 3.61. The zero-order valence-corrected chi connectivity index (χ0v) is 13.4. The van der Waals surface area contributed by atoms with Crippen LogP contribution in [0.3, 0.4) is 0 Å². The second-order valence-corrected chi connectivity index (χ2v) is 6.49. The number of benzene rings is 2. The van der Waals surface area contributed by atoms with E-state index in [2.05, 4.69) is 48.5 Å².